The Morgan fingerprint density at radius 3 is 2.69 bits per heavy atom. The second kappa shape index (κ2) is 5.64. The zero-order valence-electron chi connectivity index (χ0n) is 9.81. The lowest BCUT2D eigenvalue weighted by Gasteiger charge is -2.19. The fraction of sp³-hybridized carbons (Fsp3) is 0.500. The Kier molecular flexibility index (Phi) is 4.74. The molecule has 0 aliphatic heterocycles. The van der Waals surface area contributed by atoms with Crippen molar-refractivity contribution in [2.24, 2.45) is 5.73 Å². The number of rotatable bonds is 4. The van der Waals surface area contributed by atoms with Crippen LogP contribution in [0.15, 0.2) is 10.5 Å². The van der Waals surface area contributed by atoms with Gasteiger partial charge in [-0.1, -0.05) is 22.9 Å². The lowest BCUT2D eigenvalue weighted by atomic mass is 9.92. The van der Waals surface area contributed by atoms with Crippen molar-refractivity contribution >= 4 is 15.9 Å². The maximum absolute atomic E-state index is 13.7. The molecule has 0 aliphatic rings. The summed E-state index contributed by atoms with van der Waals surface area (Å²) in [6.07, 6.45) is 0.813. The Balaban J connectivity index is 3.32. The molecule has 16 heavy (non-hydrogen) atoms. The number of hydrogen-bond donors (Lipinski definition) is 1. The summed E-state index contributed by atoms with van der Waals surface area (Å²) in [7, 11) is 1.49. The average Bonchev–Trinajstić information content (AvgIpc) is 2.23. The van der Waals surface area contributed by atoms with Crippen molar-refractivity contribution in [3.63, 3.8) is 0 Å². The molecule has 0 spiro atoms. The van der Waals surface area contributed by atoms with Crippen LogP contribution in [0.2, 0.25) is 0 Å². The van der Waals surface area contributed by atoms with Gasteiger partial charge in [-0.15, -0.1) is 0 Å². The van der Waals surface area contributed by atoms with Crippen molar-refractivity contribution in [3.05, 3.63) is 27.5 Å². The van der Waals surface area contributed by atoms with Gasteiger partial charge in [-0.25, -0.2) is 4.39 Å². The predicted octanol–water partition coefficient (Wildman–Crippen LogP) is 3.36. The van der Waals surface area contributed by atoms with Crippen molar-refractivity contribution in [3.8, 4) is 5.75 Å². The summed E-state index contributed by atoms with van der Waals surface area (Å²) in [5, 5.41) is 0. The molecule has 0 amide bonds. The number of hydrogen-bond acceptors (Lipinski definition) is 2. The normalized spacial score (nSPS) is 12.6. The Hall–Kier alpha value is -0.610. The third-order valence-corrected chi connectivity index (χ3v) is 3.60. The molecule has 0 radical (unpaired) electrons. The molecule has 0 saturated carbocycles. The molecule has 0 heterocycles. The Morgan fingerprint density at radius 2 is 2.19 bits per heavy atom. The van der Waals surface area contributed by atoms with E-state index in [0.717, 1.165) is 22.0 Å². The van der Waals surface area contributed by atoms with E-state index in [1.54, 1.807) is 0 Å². The average molecular weight is 290 g/mol. The van der Waals surface area contributed by atoms with Crippen molar-refractivity contribution in [1.29, 1.82) is 0 Å². The molecule has 0 bridgehead atoms. The highest BCUT2D eigenvalue weighted by Crippen LogP contribution is 2.37. The minimum absolute atomic E-state index is 0.187. The minimum Gasteiger partial charge on any atom is -0.493 e. The van der Waals surface area contributed by atoms with E-state index in [9.17, 15) is 4.39 Å². The zero-order valence-corrected chi connectivity index (χ0v) is 11.4. The quantitative estimate of drug-likeness (QED) is 0.923. The van der Waals surface area contributed by atoms with E-state index in [0.29, 0.717) is 12.3 Å². The lowest BCUT2D eigenvalue weighted by Crippen LogP contribution is -2.08. The highest BCUT2D eigenvalue weighted by Gasteiger charge is 2.19. The Labute approximate surface area is 104 Å². The van der Waals surface area contributed by atoms with Crippen LogP contribution in [-0.4, -0.2) is 13.7 Å². The minimum atomic E-state index is -0.334. The van der Waals surface area contributed by atoms with E-state index in [1.165, 1.54) is 13.2 Å². The van der Waals surface area contributed by atoms with Crippen LogP contribution in [0.3, 0.4) is 0 Å². The first kappa shape index (κ1) is 13.5. The smallest absolute Gasteiger partial charge is 0.166 e. The molecule has 0 saturated heterocycles. The number of halogens is 2. The van der Waals surface area contributed by atoms with Crippen molar-refractivity contribution < 1.29 is 9.13 Å². The number of methoxy groups -OCH3 is 1. The van der Waals surface area contributed by atoms with Crippen LogP contribution in [0.25, 0.3) is 0 Å². The summed E-state index contributed by atoms with van der Waals surface area (Å²) >= 11 is 3.35. The zero-order chi connectivity index (χ0) is 12.3. The van der Waals surface area contributed by atoms with E-state index >= 15 is 0 Å². The maximum Gasteiger partial charge on any atom is 0.166 e. The first-order valence-corrected chi connectivity index (χ1v) is 6.04. The molecule has 1 atom stereocenters. The second-order valence-electron chi connectivity index (χ2n) is 3.89. The van der Waals surface area contributed by atoms with Gasteiger partial charge in [0.25, 0.3) is 0 Å². The van der Waals surface area contributed by atoms with Gasteiger partial charge in [-0.3, -0.25) is 0 Å². The molecular weight excluding hydrogens is 273 g/mol. The summed E-state index contributed by atoms with van der Waals surface area (Å²) in [5.74, 6) is 0.187. The third kappa shape index (κ3) is 2.55. The molecule has 2 N–H and O–H groups in total. The fourth-order valence-corrected chi connectivity index (χ4v) is 2.32. The molecule has 0 aliphatic carbocycles. The van der Waals surface area contributed by atoms with Gasteiger partial charge < -0.3 is 10.5 Å². The van der Waals surface area contributed by atoms with Crippen LogP contribution in [0.1, 0.15) is 30.4 Å². The maximum atomic E-state index is 13.7. The lowest BCUT2D eigenvalue weighted by molar-refractivity contribution is 0.376. The summed E-state index contributed by atoms with van der Waals surface area (Å²) in [6, 6.07) is 1.44. The van der Waals surface area contributed by atoms with Gasteiger partial charge in [0.2, 0.25) is 0 Å². The Morgan fingerprint density at radius 1 is 1.56 bits per heavy atom. The molecule has 2 nitrogen and oxygen atoms in total. The van der Waals surface area contributed by atoms with Gasteiger partial charge in [0.1, 0.15) is 0 Å². The standard InChI is InChI=1S/C12H17BrFNO/c1-7(4-5-15)11-8(2)9(13)6-10(14)12(11)16-3/h6-7H,4-5,15H2,1-3H3. The molecule has 1 unspecified atom stereocenters. The van der Waals surface area contributed by atoms with Crippen LogP contribution in [-0.2, 0) is 0 Å². The predicted molar refractivity (Wildman–Crippen MR) is 67.5 cm³/mol. The molecule has 1 aromatic carbocycles. The highest BCUT2D eigenvalue weighted by molar-refractivity contribution is 9.10. The van der Waals surface area contributed by atoms with E-state index in [4.69, 9.17) is 10.5 Å². The number of benzene rings is 1. The first-order valence-electron chi connectivity index (χ1n) is 5.25. The van der Waals surface area contributed by atoms with E-state index in [2.05, 4.69) is 15.9 Å². The van der Waals surface area contributed by atoms with Crippen molar-refractivity contribution in [1.82, 2.24) is 0 Å². The van der Waals surface area contributed by atoms with Gasteiger partial charge in [-0.05, 0) is 37.4 Å². The topological polar surface area (TPSA) is 35.2 Å². The van der Waals surface area contributed by atoms with Crippen LogP contribution in [0, 0.1) is 12.7 Å². The van der Waals surface area contributed by atoms with Gasteiger partial charge in [0, 0.05) is 10.0 Å². The second-order valence-corrected chi connectivity index (χ2v) is 4.74. The van der Waals surface area contributed by atoms with Gasteiger partial charge in [-0.2, -0.15) is 0 Å². The SMILES string of the molecule is COc1c(F)cc(Br)c(C)c1C(C)CCN. The largest absolute Gasteiger partial charge is 0.493 e. The summed E-state index contributed by atoms with van der Waals surface area (Å²) in [5.41, 5.74) is 7.45. The molecule has 4 heteroatoms. The van der Waals surface area contributed by atoms with E-state index in [-0.39, 0.29) is 11.7 Å². The molecule has 0 fully saturated rings. The van der Waals surface area contributed by atoms with E-state index < -0.39 is 0 Å². The highest BCUT2D eigenvalue weighted by atomic mass is 79.9. The van der Waals surface area contributed by atoms with E-state index in [1.807, 2.05) is 13.8 Å². The van der Waals surface area contributed by atoms with Crippen molar-refractivity contribution in [2.75, 3.05) is 13.7 Å². The Bertz CT molecular complexity index is 382. The number of nitrogens with two attached hydrogens (primary N) is 1. The van der Waals surface area contributed by atoms with Gasteiger partial charge in [0.15, 0.2) is 11.6 Å². The van der Waals surface area contributed by atoms with Crippen molar-refractivity contribution in [2.45, 2.75) is 26.2 Å². The molecule has 0 aromatic heterocycles. The van der Waals surface area contributed by atoms with Crippen LogP contribution >= 0.6 is 15.9 Å². The van der Waals surface area contributed by atoms with Crippen LogP contribution in [0.5, 0.6) is 5.75 Å². The molecule has 1 rings (SSSR count). The van der Waals surface area contributed by atoms with Gasteiger partial charge >= 0.3 is 0 Å². The molecule has 1 aromatic rings. The summed E-state index contributed by atoms with van der Waals surface area (Å²) < 4.78 is 19.6. The fourth-order valence-electron chi connectivity index (χ4n) is 1.91. The molecular formula is C12H17BrFNO. The van der Waals surface area contributed by atoms with Crippen LogP contribution in [0.4, 0.5) is 4.39 Å². The summed E-state index contributed by atoms with van der Waals surface area (Å²) in [4.78, 5) is 0. The number of ether oxygens (including phenoxy) is 1. The third-order valence-electron chi connectivity index (χ3n) is 2.77. The monoisotopic (exact) mass is 289 g/mol. The summed E-state index contributed by atoms with van der Waals surface area (Å²) in [6.45, 7) is 4.57. The van der Waals surface area contributed by atoms with Gasteiger partial charge in [0.05, 0.1) is 7.11 Å². The molecule has 90 valence electrons. The first-order chi connectivity index (χ1) is 7.52. The van der Waals surface area contributed by atoms with Crippen LogP contribution < -0.4 is 10.5 Å².